The van der Waals surface area contributed by atoms with Gasteiger partial charge in [-0.1, -0.05) is 22.8 Å². The first-order chi connectivity index (χ1) is 13.5. The number of carbonyl (C=O) groups is 1. The molecule has 28 heavy (non-hydrogen) atoms. The average Bonchev–Trinajstić information content (AvgIpc) is 3.28. The average molecular weight is 381 g/mol. The standard InChI is InChI=1S/C20H23N5O3/c1-13-5-4-6-16(11-13)19-21-17(14(2)27-19)12-18(26)24-7-9-25(10-8-24)20-23-22-15(3)28-20/h4-6,11H,7-10,12H2,1-3H3. The van der Waals surface area contributed by atoms with E-state index in [-0.39, 0.29) is 12.3 Å². The molecule has 146 valence electrons. The number of nitrogens with zero attached hydrogens (tertiary/aromatic N) is 5. The number of benzene rings is 1. The Hall–Kier alpha value is -3.16. The Balaban J connectivity index is 1.39. The number of rotatable bonds is 4. The van der Waals surface area contributed by atoms with E-state index in [9.17, 15) is 4.79 Å². The lowest BCUT2D eigenvalue weighted by Gasteiger charge is -2.33. The third-order valence-electron chi connectivity index (χ3n) is 4.89. The number of aromatic nitrogens is 3. The number of oxazole rings is 1. The molecule has 0 radical (unpaired) electrons. The van der Waals surface area contributed by atoms with E-state index in [4.69, 9.17) is 8.83 Å². The number of carbonyl (C=O) groups excluding carboxylic acids is 1. The summed E-state index contributed by atoms with van der Waals surface area (Å²) < 4.78 is 11.3. The quantitative estimate of drug-likeness (QED) is 0.686. The van der Waals surface area contributed by atoms with E-state index < -0.39 is 0 Å². The molecule has 0 unspecified atom stereocenters. The second kappa shape index (κ2) is 7.46. The predicted molar refractivity (Wildman–Crippen MR) is 103 cm³/mol. The van der Waals surface area contributed by atoms with Gasteiger partial charge >= 0.3 is 6.01 Å². The maximum absolute atomic E-state index is 12.7. The van der Waals surface area contributed by atoms with Crippen molar-refractivity contribution in [1.29, 1.82) is 0 Å². The van der Waals surface area contributed by atoms with E-state index in [1.165, 1.54) is 0 Å². The van der Waals surface area contributed by atoms with Crippen LogP contribution in [0, 0.1) is 20.8 Å². The van der Waals surface area contributed by atoms with Gasteiger partial charge in [-0.3, -0.25) is 4.79 Å². The monoisotopic (exact) mass is 381 g/mol. The van der Waals surface area contributed by atoms with Crippen LogP contribution in [0.2, 0.25) is 0 Å². The van der Waals surface area contributed by atoms with E-state index in [1.807, 2.05) is 47.9 Å². The van der Waals surface area contributed by atoms with E-state index in [1.54, 1.807) is 6.92 Å². The van der Waals surface area contributed by atoms with Crippen LogP contribution in [0.1, 0.15) is 22.9 Å². The molecule has 1 amide bonds. The van der Waals surface area contributed by atoms with E-state index in [2.05, 4.69) is 15.2 Å². The van der Waals surface area contributed by atoms with Gasteiger partial charge in [0.25, 0.3) is 0 Å². The Morgan fingerprint density at radius 1 is 1.07 bits per heavy atom. The third kappa shape index (κ3) is 3.76. The van der Waals surface area contributed by atoms with Crippen LogP contribution in [0.15, 0.2) is 33.1 Å². The van der Waals surface area contributed by atoms with Crippen molar-refractivity contribution in [2.24, 2.45) is 0 Å². The first-order valence-corrected chi connectivity index (χ1v) is 9.36. The molecular weight excluding hydrogens is 358 g/mol. The Morgan fingerprint density at radius 3 is 2.54 bits per heavy atom. The van der Waals surface area contributed by atoms with Crippen LogP contribution in [0.5, 0.6) is 0 Å². The molecule has 8 heteroatoms. The zero-order chi connectivity index (χ0) is 19.7. The lowest BCUT2D eigenvalue weighted by molar-refractivity contribution is -0.130. The van der Waals surface area contributed by atoms with Crippen LogP contribution in [-0.2, 0) is 11.2 Å². The minimum absolute atomic E-state index is 0.0496. The molecule has 3 heterocycles. The summed E-state index contributed by atoms with van der Waals surface area (Å²) in [5.74, 6) is 1.83. The molecule has 1 aromatic carbocycles. The molecule has 1 aliphatic heterocycles. The van der Waals surface area contributed by atoms with E-state index in [0.717, 1.165) is 11.1 Å². The van der Waals surface area contributed by atoms with Gasteiger partial charge in [-0.05, 0) is 26.0 Å². The van der Waals surface area contributed by atoms with Crippen molar-refractivity contribution in [3.63, 3.8) is 0 Å². The first-order valence-electron chi connectivity index (χ1n) is 9.36. The van der Waals surface area contributed by atoms with E-state index >= 15 is 0 Å². The lowest BCUT2D eigenvalue weighted by atomic mass is 10.1. The molecule has 0 atom stereocenters. The van der Waals surface area contributed by atoms with Crippen molar-refractivity contribution in [1.82, 2.24) is 20.1 Å². The van der Waals surface area contributed by atoms with Gasteiger partial charge in [0.1, 0.15) is 5.76 Å². The van der Waals surface area contributed by atoms with Crippen molar-refractivity contribution >= 4 is 11.9 Å². The summed E-state index contributed by atoms with van der Waals surface area (Å²) in [6.07, 6.45) is 0.237. The van der Waals surface area contributed by atoms with Crippen LogP contribution in [0.25, 0.3) is 11.5 Å². The summed E-state index contributed by atoms with van der Waals surface area (Å²) in [6, 6.07) is 8.50. The zero-order valence-electron chi connectivity index (χ0n) is 16.3. The van der Waals surface area contributed by atoms with Crippen LogP contribution < -0.4 is 4.90 Å². The number of piperazine rings is 1. The fraction of sp³-hybridized carbons (Fsp3) is 0.400. The SMILES string of the molecule is Cc1cccc(-c2nc(CC(=O)N3CCN(c4nnc(C)o4)CC3)c(C)o2)c1. The normalized spacial score (nSPS) is 14.5. The summed E-state index contributed by atoms with van der Waals surface area (Å²) in [4.78, 5) is 21.2. The number of anilines is 1. The minimum Gasteiger partial charge on any atom is -0.441 e. The van der Waals surface area contributed by atoms with Gasteiger partial charge < -0.3 is 18.6 Å². The topological polar surface area (TPSA) is 88.5 Å². The van der Waals surface area contributed by atoms with Crippen molar-refractivity contribution in [3.05, 3.63) is 47.2 Å². The summed E-state index contributed by atoms with van der Waals surface area (Å²) in [6.45, 7) is 8.20. The van der Waals surface area contributed by atoms with Gasteiger partial charge in [-0.2, -0.15) is 0 Å². The summed E-state index contributed by atoms with van der Waals surface area (Å²) in [5, 5.41) is 7.90. The maximum Gasteiger partial charge on any atom is 0.318 e. The van der Waals surface area contributed by atoms with Crippen LogP contribution in [-0.4, -0.2) is 52.2 Å². The number of hydrogen-bond acceptors (Lipinski definition) is 7. The van der Waals surface area contributed by atoms with Crippen LogP contribution in [0.4, 0.5) is 6.01 Å². The van der Waals surface area contributed by atoms with Gasteiger partial charge in [0.2, 0.25) is 17.7 Å². The molecule has 0 saturated carbocycles. The van der Waals surface area contributed by atoms with Crippen LogP contribution in [0.3, 0.4) is 0 Å². The van der Waals surface area contributed by atoms with Crippen molar-refractivity contribution in [2.45, 2.75) is 27.2 Å². The third-order valence-corrected chi connectivity index (χ3v) is 4.89. The number of hydrogen-bond donors (Lipinski definition) is 0. The van der Waals surface area contributed by atoms with Gasteiger partial charge in [0.05, 0.1) is 12.1 Å². The molecule has 0 N–H and O–H groups in total. The fourth-order valence-electron chi connectivity index (χ4n) is 3.31. The van der Waals surface area contributed by atoms with Crippen molar-refractivity contribution in [3.8, 4) is 11.5 Å². The predicted octanol–water partition coefficient (Wildman–Crippen LogP) is 2.54. The van der Waals surface area contributed by atoms with Gasteiger partial charge in [0.15, 0.2) is 0 Å². The molecule has 0 spiro atoms. The Kier molecular flexibility index (Phi) is 4.85. The van der Waals surface area contributed by atoms with E-state index in [0.29, 0.717) is 55.4 Å². The van der Waals surface area contributed by atoms with Gasteiger partial charge in [-0.15, -0.1) is 5.10 Å². The molecule has 1 fully saturated rings. The molecule has 3 aromatic rings. The summed E-state index contributed by atoms with van der Waals surface area (Å²) >= 11 is 0. The Morgan fingerprint density at radius 2 is 1.86 bits per heavy atom. The molecule has 2 aromatic heterocycles. The molecule has 0 bridgehead atoms. The Bertz CT molecular complexity index is 985. The lowest BCUT2D eigenvalue weighted by Crippen LogP contribution is -2.49. The first kappa shape index (κ1) is 18.2. The Labute approximate surface area is 163 Å². The fourth-order valence-corrected chi connectivity index (χ4v) is 3.31. The zero-order valence-corrected chi connectivity index (χ0v) is 16.3. The second-order valence-electron chi connectivity index (χ2n) is 7.04. The summed E-state index contributed by atoms with van der Waals surface area (Å²) in [5.41, 5.74) is 2.75. The smallest absolute Gasteiger partial charge is 0.318 e. The van der Waals surface area contributed by atoms with Crippen molar-refractivity contribution < 1.29 is 13.6 Å². The molecule has 4 rings (SSSR count). The molecule has 0 aliphatic carbocycles. The van der Waals surface area contributed by atoms with Crippen LogP contribution >= 0.6 is 0 Å². The molecular formula is C20H23N5O3. The highest BCUT2D eigenvalue weighted by atomic mass is 16.4. The highest BCUT2D eigenvalue weighted by Crippen LogP contribution is 2.23. The number of aryl methyl sites for hydroxylation is 3. The van der Waals surface area contributed by atoms with Gasteiger partial charge in [0, 0.05) is 38.7 Å². The minimum atomic E-state index is 0.0496. The second-order valence-corrected chi connectivity index (χ2v) is 7.04. The summed E-state index contributed by atoms with van der Waals surface area (Å²) in [7, 11) is 0. The number of amides is 1. The molecule has 1 saturated heterocycles. The highest BCUT2D eigenvalue weighted by molar-refractivity contribution is 5.79. The highest BCUT2D eigenvalue weighted by Gasteiger charge is 2.25. The van der Waals surface area contributed by atoms with Crippen molar-refractivity contribution in [2.75, 3.05) is 31.1 Å². The van der Waals surface area contributed by atoms with Gasteiger partial charge in [-0.25, -0.2) is 4.98 Å². The molecule has 1 aliphatic rings. The largest absolute Gasteiger partial charge is 0.441 e. The maximum atomic E-state index is 12.7. The molecule has 8 nitrogen and oxygen atoms in total.